The maximum Gasteiger partial charge on any atom is 0.414 e. The Labute approximate surface area is 68.9 Å². The summed E-state index contributed by atoms with van der Waals surface area (Å²) in [6, 6.07) is 0. The van der Waals surface area contributed by atoms with Crippen LogP contribution in [0.3, 0.4) is 0 Å². The lowest BCUT2D eigenvalue weighted by Gasteiger charge is -2.27. The van der Waals surface area contributed by atoms with E-state index in [1.54, 1.807) is 0 Å². The minimum absolute atomic E-state index is 0.0155. The van der Waals surface area contributed by atoms with Gasteiger partial charge >= 0.3 is 6.18 Å². The summed E-state index contributed by atoms with van der Waals surface area (Å²) in [5.74, 6) is 2.23. The van der Waals surface area contributed by atoms with Crippen molar-refractivity contribution in [3.63, 3.8) is 0 Å². The largest absolute Gasteiger partial charge is 0.414 e. The number of rotatable bonds is 0. The second-order valence-corrected chi connectivity index (χ2v) is 2.80. The van der Waals surface area contributed by atoms with E-state index in [1.165, 1.54) is 0 Å². The number of alkyl halides is 3. The van der Waals surface area contributed by atoms with E-state index in [0.29, 0.717) is 6.42 Å². The molecule has 0 N–H and O–H groups in total. The van der Waals surface area contributed by atoms with Crippen LogP contribution in [0.2, 0.25) is 0 Å². The molecule has 0 aromatic carbocycles. The van der Waals surface area contributed by atoms with Gasteiger partial charge in [0.05, 0.1) is 6.61 Å². The minimum atomic E-state index is -4.24. The number of halogens is 3. The lowest BCUT2D eigenvalue weighted by molar-refractivity contribution is -0.233. The Morgan fingerprint density at radius 3 is 2.33 bits per heavy atom. The summed E-state index contributed by atoms with van der Waals surface area (Å²) >= 11 is 0. The van der Waals surface area contributed by atoms with Gasteiger partial charge in [-0.1, -0.05) is 0 Å². The van der Waals surface area contributed by atoms with Crippen LogP contribution in [0.25, 0.3) is 0 Å². The molecule has 1 aliphatic rings. The van der Waals surface area contributed by atoms with Crippen molar-refractivity contribution in [3.05, 3.63) is 0 Å². The lowest BCUT2D eigenvalue weighted by Crippen LogP contribution is -2.37. The molecule has 12 heavy (non-hydrogen) atoms. The van der Waals surface area contributed by atoms with E-state index < -0.39 is 12.3 Å². The average Bonchev–Trinajstić information content (AvgIpc) is 2.03. The van der Waals surface area contributed by atoms with Gasteiger partial charge in [0.2, 0.25) is 0 Å². The average molecular weight is 178 g/mol. The van der Waals surface area contributed by atoms with E-state index in [1.807, 2.05) is 0 Å². The van der Waals surface area contributed by atoms with E-state index in [-0.39, 0.29) is 18.9 Å². The van der Waals surface area contributed by atoms with E-state index in [9.17, 15) is 13.2 Å². The summed E-state index contributed by atoms with van der Waals surface area (Å²) in [7, 11) is 0. The zero-order valence-electron chi connectivity index (χ0n) is 6.40. The normalized spacial score (nSPS) is 31.2. The first kappa shape index (κ1) is 9.40. The van der Waals surface area contributed by atoms with Gasteiger partial charge in [-0.15, -0.1) is 12.3 Å². The first-order valence-corrected chi connectivity index (χ1v) is 3.68. The Balaban J connectivity index is 2.42. The van der Waals surface area contributed by atoms with Gasteiger partial charge in [0, 0.05) is 5.92 Å². The summed E-state index contributed by atoms with van der Waals surface area (Å²) in [5.41, 5.74) is 0. The first-order valence-electron chi connectivity index (χ1n) is 3.68. The third-order valence-electron chi connectivity index (χ3n) is 1.88. The molecule has 1 saturated heterocycles. The summed E-state index contributed by atoms with van der Waals surface area (Å²) in [4.78, 5) is 0. The first-order chi connectivity index (χ1) is 5.54. The van der Waals surface area contributed by atoms with Crippen molar-refractivity contribution >= 4 is 0 Å². The quantitative estimate of drug-likeness (QED) is 0.515. The molecular weight excluding hydrogens is 169 g/mol. The SMILES string of the molecule is C#CC1CCC(C(F)(F)F)OC1. The Bertz CT molecular complexity index is 183. The zero-order chi connectivity index (χ0) is 9.19. The highest BCUT2D eigenvalue weighted by Gasteiger charge is 2.42. The second kappa shape index (κ2) is 3.36. The molecule has 68 valence electrons. The van der Waals surface area contributed by atoms with Gasteiger partial charge in [0.25, 0.3) is 0 Å². The van der Waals surface area contributed by atoms with Crippen molar-refractivity contribution < 1.29 is 17.9 Å². The standard InChI is InChI=1S/C8H9F3O/c1-2-6-3-4-7(12-5-6)8(9,10)11/h1,6-7H,3-5H2. The summed E-state index contributed by atoms with van der Waals surface area (Å²) in [5, 5.41) is 0. The Hall–Kier alpha value is -0.690. The minimum Gasteiger partial charge on any atom is -0.368 e. The summed E-state index contributed by atoms with van der Waals surface area (Å²) in [6.07, 6.45) is -0.411. The molecule has 2 atom stereocenters. The van der Waals surface area contributed by atoms with Gasteiger partial charge in [-0.2, -0.15) is 13.2 Å². The fourth-order valence-electron chi connectivity index (χ4n) is 1.14. The molecule has 1 fully saturated rings. The molecule has 2 unspecified atom stereocenters. The van der Waals surface area contributed by atoms with Crippen LogP contribution in [-0.4, -0.2) is 18.9 Å². The van der Waals surface area contributed by atoms with Crippen LogP contribution in [0.5, 0.6) is 0 Å². The number of terminal acetylenes is 1. The third kappa shape index (κ3) is 2.15. The molecule has 4 heteroatoms. The van der Waals surface area contributed by atoms with E-state index in [0.717, 1.165) is 0 Å². The predicted octanol–water partition coefficient (Wildman–Crippen LogP) is 1.98. The van der Waals surface area contributed by atoms with Crippen molar-refractivity contribution in [2.75, 3.05) is 6.61 Å². The van der Waals surface area contributed by atoms with Crippen LogP contribution in [0.15, 0.2) is 0 Å². The molecule has 0 aliphatic carbocycles. The lowest BCUT2D eigenvalue weighted by atomic mass is 9.99. The van der Waals surface area contributed by atoms with Crippen LogP contribution in [0.4, 0.5) is 13.2 Å². The molecule has 1 rings (SSSR count). The topological polar surface area (TPSA) is 9.23 Å². The van der Waals surface area contributed by atoms with Gasteiger partial charge < -0.3 is 4.74 Å². The highest BCUT2D eigenvalue weighted by molar-refractivity contribution is 4.95. The predicted molar refractivity (Wildman–Crippen MR) is 37.4 cm³/mol. The summed E-state index contributed by atoms with van der Waals surface area (Å²) in [6.45, 7) is 0.0284. The van der Waals surface area contributed by atoms with Crippen molar-refractivity contribution in [2.24, 2.45) is 5.92 Å². The monoisotopic (exact) mass is 178 g/mol. The van der Waals surface area contributed by atoms with E-state index in [4.69, 9.17) is 6.42 Å². The van der Waals surface area contributed by atoms with E-state index in [2.05, 4.69) is 10.7 Å². The number of ether oxygens (including phenoxy) is 1. The van der Waals surface area contributed by atoms with Crippen molar-refractivity contribution in [3.8, 4) is 12.3 Å². The maximum atomic E-state index is 12.0. The molecule has 0 radical (unpaired) electrons. The molecule has 0 saturated carbocycles. The van der Waals surface area contributed by atoms with Crippen LogP contribution >= 0.6 is 0 Å². The Morgan fingerprint density at radius 2 is 2.00 bits per heavy atom. The van der Waals surface area contributed by atoms with Gasteiger partial charge in [-0.05, 0) is 12.8 Å². The highest BCUT2D eigenvalue weighted by Crippen LogP contribution is 2.31. The molecular formula is C8H9F3O. The molecule has 0 aromatic heterocycles. The number of hydrogen-bond acceptors (Lipinski definition) is 1. The molecule has 0 bridgehead atoms. The molecule has 1 heterocycles. The van der Waals surface area contributed by atoms with Crippen molar-refractivity contribution in [1.82, 2.24) is 0 Å². The van der Waals surface area contributed by atoms with Gasteiger partial charge in [-0.3, -0.25) is 0 Å². The second-order valence-electron chi connectivity index (χ2n) is 2.80. The Kier molecular flexibility index (Phi) is 2.63. The third-order valence-corrected chi connectivity index (χ3v) is 1.88. The maximum absolute atomic E-state index is 12.0. The van der Waals surface area contributed by atoms with Crippen LogP contribution in [0.1, 0.15) is 12.8 Å². The molecule has 1 nitrogen and oxygen atoms in total. The molecule has 0 amide bonds. The van der Waals surface area contributed by atoms with Gasteiger partial charge in [-0.25, -0.2) is 0 Å². The summed E-state index contributed by atoms with van der Waals surface area (Å²) < 4.78 is 40.6. The molecule has 0 aromatic rings. The van der Waals surface area contributed by atoms with Gasteiger partial charge in [0.1, 0.15) is 0 Å². The van der Waals surface area contributed by atoms with Crippen molar-refractivity contribution in [2.45, 2.75) is 25.1 Å². The zero-order valence-corrected chi connectivity index (χ0v) is 6.40. The highest BCUT2D eigenvalue weighted by atomic mass is 19.4. The fourth-order valence-corrected chi connectivity index (χ4v) is 1.14. The smallest absolute Gasteiger partial charge is 0.368 e. The number of hydrogen-bond donors (Lipinski definition) is 0. The van der Waals surface area contributed by atoms with Gasteiger partial charge in [0.15, 0.2) is 6.10 Å². The Morgan fingerprint density at radius 1 is 1.33 bits per heavy atom. The van der Waals surface area contributed by atoms with Crippen LogP contribution in [0, 0.1) is 18.3 Å². The molecule has 0 spiro atoms. The van der Waals surface area contributed by atoms with Crippen molar-refractivity contribution in [1.29, 1.82) is 0 Å². The van der Waals surface area contributed by atoms with E-state index >= 15 is 0 Å². The van der Waals surface area contributed by atoms with Crippen LogP contribution in [-0.2, 0) is 4.74 Å². The van der Waals surface area contributed by atoms with Crippen LogP contribution < -0.4 is 0 Å². The molecule has 1 aliphatic heterocycles. The fraction of sp³-hybridized carbons (Fsp3) is 0.750.